The lowest BCUT2D eigenvalue weighted by Gasteiger charge is -2.16. The van der Waals surface area contributed by atoms with Crippen LogP contribution in [0.2, 0.25) is 0 Å². The average molecular weight is 363 g/mol. The Morgan fingerprint density at radius 3 is 2.96 bits per heavy atom. The smallest absolute Gasteiger partial charge is 0.233 e. The van der Waals surface area contributed by atoms with Gasteiger partial charge in [0.1, 0.15) is 0 Å². The molecule has 0 bridgehead atoms. The van der Waals surface area contributed by atoms with E-state index >= 15 is 0 Å². The van der Waals surface area contributed by atoms with Gasteiger partial charge in [0.15, 0.2) is 5.76 Å². The standard InChI is InChI=1S/C15H17N5O2S2/c1-10-5-7-23-12(10)8-19(2)13(21)9-24-15-18-17-14(20(15)16)11-4-3-6-22-11/h3-7H,8-9,16H2,1-2H3. The SMILES string of the molecule is Cc1ccsc1CN(C)C(=O)CSc1nnc(-c2ccco2)n1N. The molecular formula is C15H17N5O2S2. The lowest BCUT2D eigenvalue weighted by atomic mass is 10.3. The molecule has 0 radical (unpaired) electrons. The fraction of sp³-hybridized carbons (Fsp3) is 0.267. The molecule has 0 spiro atoms. The molecule has 0 unspecified atom stereocenters. The first-order chi connectivity index (χ1) is 11.6. The van der Waals surface area contributed by atoms with Crippen LogP contribution >= 0.6 is 23.1 Å². The number of aromatic nitrogens is 3. The van der Waals surface area contributed by atoms with Crippen LogP contribution in [0, 0.1) is 6.92 Å². The van der Waals surface area contributed by atoms with Crippen LogP contribution in [0.3, 0.4) is 0 Å². The number of rotatable bonds is 6. The molecule has 1 amide bonds. The van der Waals surface area contributed by atoms with Crippen LogP contribution in [-0.2, 0) is 11.3 Å². The van der Waals surface area contributed by atoms with E-state index in [1.165, 1.54) is 26.9 Å². The van der Waals surface area contributed by atoms with Crippen LogP contribution < -0.4 is 5.84 Å². The highest BCUT2D eigenvalue weighted by molar-refractivity contribution is 7.99. The molecular weight excluding hydrogens is 346 g/mol. The summed E-state index contributed by atoms with van der Waals surface area (Å²) in [5.74, 6) is 7.19. The summed E-state index contributed by atoms with van der Waals surface area (Å²) in [5, 5.41) is 10.5. The highest BCUT2D eigenvalue weighted by atomic mass is 32.2. The van der Waals surface area contributed by atoms with Crippen LogP contribution in [0.5, 0.6) is 0 Å². The fourth-order valence-corrected chi connectivity index (χ4v) is 3.81. The molecule has 3 aromatic heterocycles. The van der Waals surface area contributed by atoms with E-state index in [1.54, 1.807) is 41.7 Å². The van der Waals surface area contributed by atoms with Gasteiger partial charge in [0.05, 0.1) is 18.6 Å². The van der Waals surface area contributed by atoms with Crippen molar-refractivity contribution in [2.45, 2.75) is 18.6 Å². The Hall–Kier alpha value is -2.26. The van der Waals surface area contributed by atoms with Gasteiger partial charge in [-0.2, -0.15) is 0 Å². The normalized spacial score (nSPS) is 10.9. The molecule has 0 aliphatic rings. The second kappa shape index (κ2) is 7.10. The summed E-state index contributed by atoms with van der Waals surface area (Å²) in [6.07, 6.45) is 1.54. The van der Waals surface area contributed by atoms with Crippen LogP contribution in [0.4, 0.5) is 0 Å². The minimum atomic E-state index is 0.00958. The van der Waals surface area contributed by atoms with Crippen LogP contribution in [0.15, 0.2) is 39.4 Å². The van der Waals surface area contributed by atoms with Gasteiger partial charge in [-0.05, 0) is 36.1 Å². The first-order valence-electron chi connectivity index (χ1n) is 7.20. The average Bonchev–Trinajstić information content (AvgIpc) is 3.28. The number of nitrogens with two attached hydrogens (primary N) is 1. The zero-order valence-electron chi connectivity index (χ0n) is 13.3. The Balaban J connectivity index is 1.59. The molecule has 0 saturated carbocycles. The lowest BCUT2D eigenvalue weighted by molar-refractivity contribution is -0.127. The van der Waals surface area contributed by atoms with Crippen LogP contribution in [0.1, 0.15) is 10.4 Å². The minimum Gasteiger partial charge on any atom is -0.461 e. The fourth-order valence-electron chi connectivity index (χ4n) is 2.06. The molecule has 3 heterocycles. The summed E-state index contributed by atoms with van der Waals surface area (Å²) in [7, 11) is 1.80. The molecule has 7 nitrogen and oxygen atoms in total. The maximum atomic E-state index is 12.3. The Bertz CT molecular complexity index is 825. The zero-order valence-corrected chi connectivity index (χ0v) is 14.9. The maximum Gasteiger partial charge on any atom is 0.233 e. The summed E-state index contributed by atoms with van der Waals surface area (Å²) < 4.78 is 6.59. The van der Waals surface area contributed by atoms with Gasteiger partial charge in [-0.25, -0.2) is 4.68 Å². The van der Waals surface area contributed by atoms with Gasteiger partial charge in [0, 0.05) is 11.9 Å². The Kier molecular flexibility index (Phi) is 4.91. The van der Waals surface area contributed by atoms with Gasteiger partial charge in [-0.15, -0.1) is 21.5 Å². The number of thioether (sulfide) groups is 1. The Labute approximate surface area is 147 Å². The van der Waals surface area contributed by atoms with Crippen molar-refractivity contribution in [1.82, 2.24) is 19.8 Å². The van der Waals surface area contributed by atoms with E-state index in [9.17, 15) is 4.79 Å². The van der Waals surface area contributed by atoms with E-state index in [-0.39, 0.29) is 11.7 Å². The number of aryl methyl sites for hydroxylation is 1. The third-order valence-corrected chi connectivity index (χ3v) is 5.44. The Morgan fingerprint density at radius 1 is 1.46 bits per heavy atom. The van der Waals surface area contributed by atoms with E-state index in [0.29, 0.717) is 23.3 Å². The minimum absolute atomic E-state index is 0.00958. The van der Waals surface area contributed by atoms with Gasteiger partial charge in [-0.1, -0.05) is 11.8 Å². The van der Waals surface area contributed by atoms with E-state index < -0.39 is 0 Å². The number of amides is 1. The molecule has 3 aromatic rings. The quantitative estimate of drug-likeness (QED) is 0.534. The highest BCUT2D eigenvalue weighted by Crippen LogP contribution is 2.22. The maximum absolute atomic E-state index is 12.3. The van der Waals surface area contributed by atoms with Crippen molar-refractivity contribution in [1.29, 1.82) is 0 Å². The molecule has 9 heteroatoms. The van der Waals surface area contributed by atoms with Crippen molar-refractivity contribution in [3.8, 4) is 11.6 Å². The summed E-state index contributed by atoms with van der Waals surface area (Å²) in [6.45, 7) is 2.65. The topological polar surface area (TPSA) is 90.2 Å². The van der Waals surface area contributed by atoms with Crippen molar-refractivity contribution in [2.24, 2.45) is 0 Å². The molecule has 0 aliphatic carbocycles. The van der Waals surface area contributed by atoms with Crippen molar-refractivity contribution in [3.05, 3.63) is 40.3 Å². The number of furan rings is 1. The summed E-state index contributed by atoms with van der Waals surface area (Å²) in [5.41, 5.74) is 1.21. The number of thiophene rings is 1. The summed E-state index contributed by atoms with van der Waals surface area (Å²) in [6, 6.07) is 5.56. The number of carbonyl (C=O) groups is 1. The predicted octanol–water partition coefficient (Wildman–Crippen LogP) is 2.37. The summed E-state index contributed by atoms with van der Waals surface area (Å²) in [4.78, 5) is 15.2. The number of nitrogens with zero attached hydrogens (tertiary/aromatic N) is 4. The van der Waals surface area contributed by atoms with Gasteiger partial charge < -0.3 is 15.2 Å². The van der Waals surface area contributed by atoms with Crippen molar-refractivity contribution < 1.29 is 9.21 Å². The van der Waals surface area contributed by atoms with E-state index in [2.05, 4.69) is 16.3 Å². The molecule has 126 valence electrons. The first kappa shape index (κ1) is 16.6. The Morgan fingerprint density at radius 2 is 2.29 bits per heavy atom. The van der Waals surface area contributed by atoms with Crippen molar-refractivity contribution in [3.63, 3.8) is 0 Å². The molecule has 2 N–H and O–H groups in total. The number of carbonyl (C=O) groups excluding carboxylic acids is 1. The largest absolute Gasteiger partial charge is 0.461 e. The number of hydrogen-bond acceptors (Lipinski definition) is 7. The van der Waals surface area contributed by atoms with E-state index in [4.69, 9.17) is 10.3 Å². The van der Waals surface area contributed by atoms with Crippen LogP contribution in [0.25, 0.3) is 11.6 Å². The molecule has 24 heavy (non-hydrogen) atoms. The second-order valence-electron chi connectivity index (χ2n) is 5.22. The predicted molar refractivity (Wildman–Crippen MR) is 94.1 cm³/mol. The molecule has 3 rings (SSSR count). The first-order valence-corrected chi connectivity index (χ1v) is 9.07. The second-order valence-corrected chi connectivity index (χ2v) is 7.16. The van der Waals surface area contributed by atoms with Crippen molar-refractivity contribution in [2.75, 3.05) is 18.6 Å². The molecule has 0 fully saturated rings. The van der Waals surface area contributed by atoms with E-state index in [1.807, 2.05) is 12.3 Å². The van der Waals surface area contributed by atoms with E-state index in [0.717, 1.165) is 0 Å². The number of hydrogen-bond donors (Lipinski definition) is 1. The van der Waals surface area contributed by atoms with Gasteiger partial charge in [0.25, 0.3) is 0 Å². The third kappa shape index (κ3) is 3.46. The zero-order chi connectivity index (χ0) is 17.1. The van der Waals surface area contributed by atoms with Gasteiger partial charge in [-0.3, -0.25) is 4.79 Å². The van der Waals surface area contributed by atoms with Crippen LogP contribution in [-0.4, -0.2) is 38.5 Å². The monoisotopic (exact) mass is 363 g/mol. The molecule has 0 atom stereocenters. The molecule has 0 aliphatic heterocycles. The van der Waals surface area contributed by atoms with Crippen molar-refractivity contribution >= 4 is 29.0 Å². The highest BCUT2D eigenvalue weighted by Gasteiger charge is 2.17. The van der Waals surface area contributed by atoms with Gasteiger partial charge >= 0.3 is 0 Å². The summed E-state index contributed by atoms with van der Waals surface area (Å²) >= 11 is 2.91. The lowest BCUT2D eigenvalue weighted by Crippen LogP contribution is -2.28. The molecule has 0 saturated heterocycles. The molecule has 0 aromatic carbocycles. The number of nitrogen functional groups attached to an aromatic ring is 1. The third-order valence-electron chi connectivity index (χ3n) is 3.51. The van der Waals surface area contributed by atoms with Gasteiger partial charge in [0.2, 0.25) is 16.9 Å².